The second kappa shape index (κ2) is 5.68. The molecule has 1 aromatic carbocycles. The number of rotatable bonds is 3. The Labute approximate surface area is 152 Å². The van der Waals surface area contributed by atoms with E-state index in [1.807, 2.05) is 0 Å². The van der Waals surface area contributed by atoms with Gasteiger partial charge in [0.15, 0.2) is 0 Å². The molecule has 6 rings (SSSR count). The van der Waals surface area contributed by atoms with E-state index in [9.17, 15) is 9.59 Å². The zero-order valence-electron chi connectivity index (χ0n) is 15.1. The lowest BCUT2D eigenvalue weighted by atomic mass is 9.60. The highest BCUT2D eigenvalue weighted by Gasteiger charge is 2.57. The first-order valence-corrected chi connectivity index (χ1v) is 9.55. The van der Waals surface area contributed by atoms with E-state index in [4.69, 9.17) is 4.74 Å². The van der Waals surface area contributed by atoms with E-state index >= 15 is 0 Å². The molecule has 4 aliphatic rings. The van der Waals surface area contributed by atoms with E-state index in [1.165, 1.54) is 29.1 Å². The maximum Gasteiger partial charge on any atom is 0.302 e. The Kier molecular flexibility index (Phi) is 3.51. The Morgan fingerprint density at radius 2 is 2.19 bits per heavy atom. The van der Waals surface area contributed by atoms with Crippen LogP contribution in [0.3, 0.4) is 0 Å². The molecule has 3 fully saturated rings. The van der Waals surface area contributed by atoms with E-state index in [-0.39, 0.29) is 29.8 Å². The van der Waals surface area contributed by atoms with Crippen LogP contribution in [0.1, 0.15) is 37.6 Å². The highest BCUT2D eigenvalue weighted by molar-refractivity contribution is 5.85. The van der Waals surface area contributed by atoms with Gasteiger partial charge in [-0.15, -0.1) is 0 Å². The molecule has 1 aromatic heterocycles. The fourth-order valence-electron chi connectivity index (χ4n) is 6.00. The Hall–Kier alpha value is -2.14. The minimum atomic E-state index is -0.239. The van der Waals surface area contributed by atoms with Crippen LogP contribution in [0.15, 0.2) is 24.3 Å². The number of nitrogens with zero attached hydrogens (tertiary/aromatic N) is 1. The summed E-state index contributed by atoms with van der Waals surface area (Å²) in [5, 5.41) is 1.31. The normalized spacial score (nSPS) is 37.4. The first kappa shape index (κ1) is 16.1. The number of carbonyl (C=O) groups is 2. The molecule has 26 heavy (non-hydrogen) atoms. The zero-order chi connectivity index (χ0) is 18.0. The zero-order valence-corrected chi connectivity index (χ0v) is 15.1. The quantitative estimate of drug-likeness (QED) is 0.682. The number of aldehydes is 1. The lowest BCUT2D eigenvalue weighted by Crippen LogP contribution is -2.67. The van der Waals surface area contributed by atoms with Crippen LogP contribution in [0.2, 0.25) is 0 Å². The highest BCUT2D eigenvalue weighted by Crippen LogP contribution is 2.56. The number of piperidine rings is 3. The van der Waals surface area contributed by atoms with E-state index in [0.29, 0.717) is 18.7 Å². The molecule has 5 heteroatoms. The SMILES string of the molecule is CC(=O)OCC1C2CC3c4[nH]c5ccccc5c4CC1N3C(C)C2C=O. The summed E-state index contributed by atoms with van der Waals surface area (Å²) in [5.74, 6) is 0.288. The molecular formula is C21H24N2O3. The predicted molar refractivity (Wildman–Crippen MR) is 97.6 cm³/mol. The van der Waals surface area contributed by atoms with Gasteiger partial charge in [0.2, 0.25) is 0 Å². The average Bonchev–Trinajstić information content (AvgIpc) is 3.00. The van der Waals surface area contributed by atoms with Crippen molar-refractivity contribution in [2.24, 2.45) is 17.8 Å². The number of ether oxygens (including phenoxy) is 1. The smallest absolute Gasteiger partial charge is 0.302 e. The van der Waals surface area contributed by atoms with Crippen molar-refractivity contribution in [3.05, 3.63) is 35.5 Å². The molecule has 4 bridgehead atoms. The molecule has 0 aliphatic carbocycles. The van der Waals surface area contributed by atoms with E-state index in [2.05, 4.69) is 41.1 Å². The maximum absolute atomic E-state index is 11.8. The van der Waals surface area contributed by atoms with Crippen molar-refractivity contribution in [1.82, 2.24) is 9.88 Å². The van der Waals surface area contributed by atoms with Crippen LogP contribution >= 0.6 is 0 Å². The van der Waals surface area contributed by atoms with Gasteiger partial charge in [-0.1, -0.05) is 18.2 Å². The number of aromatic amines is 1. The fourth-order valence-corrected chi connectivity index (χ4v) is 6.00. The Balaban J connectivity index is 1.60. The van der Waals surface area contributed by atoms with Crippen molar-refractivity contribution in [2.75, 3.05) is 6.61 Å². The van der Waals surface area contributed by atoms with Crippen LogP contribution in [-0.4, -0.2) is 40.8 Å². The number of hydrogen-bond donors (Lipinski definition) is 1. The van der Waals surface area contributed by atoms with Crippen LogP contribution in [0.25, 0.3) is 10.9 Å². The van der Waals surface area contributed by atoms with Gasteiger partial charge in [0.05, 0.1) is 12.6 Å². The monoisotopic (exact) mass is 352 g/mol. The number of H-pyrrole nitrogens is 1. The van der Waals surface area contributed by atoms with Crippen LogP contribution in [0.4, 0.5) is 0 Å². The molecule has 136 valence electrons. The first-order chi connectivity index (χ1) is 12.6. The third-order valence-electron chi connectivity index (χ3n) is 7.03. The summed E-state index contributed by atoms with van der Waals surface area (Å²) in [6, 6.07) is 9.38. The van der Waals surface area contributed by atoms with Crippen LogP contribution in [0.5, 0.6) is 0 Å². The number of esters is 1. The third kappa shape index (κ3) is 2.07. The molecule has 0 saturated carbocycles. The molecule has 7 unspecified atom stereocenters. The van der Waals surface area contributed by atoms with E-state index < -0.39 is 0 Å². The van der Waals surface area contributed by atoms with Crippen LogP contribution in [0, 0.1) is 17.8 Å². The number of nitrogens with one attached hydrogen (secondary N) is 1. The molecule has 5 nitrogen and oxygen atoms in total. The first-order valence-electron chi connectivity index (χ1n) is 9.55. The standard InChI is InChI=1S/C21H24N2O3/c1-11-16(9-24)14-7-20-21-15(13-5-3-4-6-18(13)22-21)8-19(23(11)20)17(14)10-26-12(2)25/h3-6,9,11,14,16-17,19-20,22H,7-8,10H2,1-2H3. The molecule has 0 spiro atoms. The lowest BCUT2D eigenvalue weighted by Gasteiger charge is -2.62. The van der Waals surface area contributed by atoms with E-state index in [0.717, 1.165) is 19.1 Å². The molecule has 3 saturated heterocycles. The fraction of sp³-hybridized carbons (Fsp3) is 0.524. The average molecular weight is 352 g/mol. The summed E-state index contributed by atoms with van der Waals surface area (Å²) < 4.78 is 5.42. The van der Waals surface area contributed by atoms with Gasteiger partial charge in [-0.3, -0.25) is 9.69 Å². The van der Waals surface area contributed by atoms with Gasteiger partial charge >= 0.3 is 5.97 Å². The van der Waals surface area contributed by atoms with Crippen molar-refractivity contribution in [2.45, 2.75) is 44.8 Å². The van der Waals surface area contributed by atoms with Crippen molar-refractivity contribution in [1.29, 1.82) is 0 Å². The van der Waals surface area contributed by atoms with Crippen LogP contribution < -0.4 is 0 Å². The number of fused-ring (bicyclic) bond motifs is 4. The number of aromatic nitrogens is 1. The summed E-state index contributed by atoms with van der Waals surface area (Å²) in [6.07, 6.45) is 3.04. The molecule has 4 aliphatic heterocycles. The van der Waals surface area contributed by atoms with Crippen molar-refractivity contribution >= 4 is 23.2 Å². The molecule has 0 amide bonds. The Morgan fingerprint density at radius 3 is 2.96 bits per heavy atom. The van der Waals surface area contributed by atoms with Crippen molar-refractivity contribution < 1.29 is 14.3 Å². The van der Waals surface area contributed by atoms with E-state index in [1.54, 1.807) is 0 Å². The number of benzene rings is 1. The van der Waals surface area contributed by atoms with Crippen molar-refractivity contribution in [3.63, 3.8) is 0 Å². The maximum atomic E-state index is 11.8. The summed E-state index contributed by atoms with van der Waals surface area (Å²) in [7, 11) is 0. The van der Waals surface area contributed by atoms with Crippen molar-refractivity contribution in [3.8, 4) is 0 Å². The predicted octanol–water partition coefficient (Wildman–Crippen LogP) is 2.85. The molecular weight excluding hydrogens is 328 g/mol. The van der Waals surface area contributed by atoms with Gasteiger partial charge in [0, 0.05) is 47.4 Å². The molecule has 1 N–H and O–H groups in total. The largest absolute Gasteiger partial charge is 0.466 e. The summed E-state index contributed by atoms with van der Waals surface area (Å²) in [4.78, 5) is 29.4. The second-order valence-corrected chi connectivity index (χ2v) is 8.12. The van der Waals surface area contributed by atoms with Crippen LogP contribution in [-0.2, 0) is 20.7 Å². The van der Waals surface area contributed by atoms with Gasteiger partial charge in [0.25, 0.3) is 0 Å². The third-order valence-corrected chi connectivity index (χ3v) is 7.03. The Bertz CT molecular complexity index is 889. The van der Waals surface area contributed by atoms with Gasteiger partial charge in [0.1, 0.15) is 6.29 Å². The van der Waals surface area contributed by atoms with Gasteiger partial charge in [-0.05, 0) is 37.3 Å². The van der Waals surface area contributed by atoms with Gasteiger partial charge in [-0.2, -0.15) is 0 Å². The van der Waals surface area contributed by atoms with Gasteiger partial charge < -0.3 is 14.5 Å². The molecule has 0 radical (unpaired) electrons. The topological polar surface area (TPSA) is 62.4 Å². The molecule has 2 aromatic rings. The molecule has 5 heterocycles. The van der Waals surface area contributed by atoms with Gasteiger partial charge in [-0.25, -0.2) is 0 Å². The number of carbonyl (C=O) groups excluding carboxylic acids is 2. The minimum Gasteiger partial charge on any atom is -0.466 e. The Morgan fingerprint density at radius 1 is 1.38 bits per heavy atom. The second-order valence-electron chi connectivity index (χ2n) is 8.12. The lowest BCUT2D eigenvalue weighted by molar-refractivity contribution is -0.165. The summed E-state index contributed by atoms with van der Waals surface area (Å²) in [6.45, 7) is 4.06. The molecule has 7 atom stereocenters. The minimum absolute atomic E-state index is 0.0222. The summed E-state index contributed by atoms with van der Waals surface area (Å²) >= 11 is 0. The number of para-hydroxylation sites is 1. The number of hydrogen-bond acceptors (Lipinski definition) is 4. The highest BCUT2D eigenvalue weighted by atomic mass is 16.5. The summed E-state index contributed by atoms with van der Waals surface area (Å²) in [5.41, 5.74) is 3.93.